The van der Waals surface area contributed by atoms with Crippen LogP contribution in [-0.4, -0.2) is 35.1 Å². The molecule has 0 aromatic heterocycles. The van der Waals surface area contributed by atoms with E-state index in [4.69, 9.17) is 4.74 Å². The maximum atomic E-state index is 13.2. The van der Waals surface area contributed by atoms with E-state index in [2.05, 4.69) is 12.2 Å². The largest absolute Gasteiger partial charge is 0.454 e. The molecule has 5 aliphatic rings. The Balaban J connectivity index is 1.13. The molecule has 0 unspecified atom stereocenters. The summed E-state index contributed by atoms with van der Waals surface area (Å²) in [4.78, 5) is 62.6. The standard InChI is InChI=1S/C26H20N2O7/c29-21(14-2-1-3-16(10-14)28(33)34)12-35-26(32)13-4-6-15(7-5-13)27-24(30)22-17-8-9-18(20-11-19(17)20)23(22)25(27)31/h1-10,17-20,22-23H,11-12H2/t17-,18-,19-,20-,22+,23+/m0/s1. The molecule has 2 aromatic carbocycles. The predicted molar refractivity (Wildman–Crippen MR) is 121 cm³/mol. The van der Waals surface area contributed by atoms with Crippen LogP contribution in [0, 0.1) is 45.6 Å². The van der Waals surface area contributed by atoms with Crippen LogP contribution in [0.2, 0.25) is 0 Å². The lowest BCUT2D eigenvalue weighted by Gasteiger charge is -2.37. The molecule has 1 aliphatic heterocycles. The number of Topliss-reactive ketones (excluding diaryl/α,β-unsaturated/α-hetero) is 1. The van der Waals surface area contributed by atoms with E-state index >= 15 is 0 Å². The first kappa shape index (κ1) is 21.4. The summed E-state index contributed by atoms with van der Waals surface area (Å²) in [5, 5.41) is 10.9. The van der Waals surface area contributed by atoms with Gasteiger partial charge in [0.2, 0.25) is 17.6 Å². The number of anilines is 1. The Kier molecular flexibility index (Phi) is 4.70. The van der Waals surface area contributed by atoms with Crippen LogP contribution in [0.5, 0.6) is 0 Å². The Morgan fingerprint density at radius 3 is 2.17 bits per heavy atom. The summed E-state index contributed by atoms with van der Waals surface area (Å²) in [7, 11) is 0. The lowest BCUT2D eigenvalue weighted by atomic mass is 9.63. The molecule has 1 heterocycles. The molecule has 35 heavy (non-hydrogen) atoms. The van der Waals surface area contributed by atoms with Crippen molar-refractivity contribution in [1.29, 1.82) is 0 Å². The molecular formula is C26H20N2O7. The Morgan fingerprint density at radius 2 is 1.57 bits per heavy atom. The smallest absolute Gasteiger partial charge is 0.338 e. The van der Waals surface area contributed by atoms with Crippen molar-refractivity contribution in [3.8, 4) is 0 Å². The van der Waals surface area contributed by atoms with Crippen molar-refractivity contribution in [3.63, 3.8) is 0 Å². The molecule has 2 bridgehead atoms. The SMILES string of the molecule is O=C(COC(=O)c1ccc(N2C(=O)[C@@H]3[C@H]4C=C[C@@H]([C@@H]5C[C@@H]45)[C@H]3C2=O)cc1)c1cccc([N+](=O)[O-])c1. The van der Waals surface area contributed by atoms with Crippen LogP contribution >= 0.6 is 0 Å². The number of imide groups is 1. The Bertz CT molecular complexity index is 1300. The number of nitro groups is 1. The number of benzene rings is 2. The summed E-state index contributed by atoms with van der Waals surface area (Å²) in [6.07, 6.45) is 5.32. The zero-order chi connectivity index (χ0) is 24.4. The quantitative estimate of drug-likeness (QED) is 0.158. The fourth-order valence-electron chi connectivity index (χ4n) is 6.05. The van der Waals surface area contributed by atoms with E-state index in [-0.39, 0.29) is 52.3 Å². The van der Waals surface area contributed by atoms with Gasteiger partial charge in [0.05, 0.1) is 28.0 Å². The molecule has 9 heteroatoms. The van der Waals surface area contributed by atoms with E-state index in [0.717, 1.165) is 12.5 Å². The maximum absolute atomic E-state index is 13.2. The Labute approximate surface area is 199 Å². The molecule has 2 saturated carbocycles. The number of hydrogen-bond acceptors (Lipinski definition) is 7. The number of carbonyl (C=O) groups excluding carboxylic acids is 4. The van der Waals surface area contributed by atoms with Gasteiger partial charge in [0.15, 0.2) is 6.61 Å². The number of carbonyl (C=O) groups is 4. The number of ketones is 1. The van der Waals surface area contributed by atoms with Gasteiger partial charge >= 0.3 is 5.97 Å². The molecule has 9 nitrogen and oxygen atoms in total. The molecule has 0 spiro atoms. The number of amides is 2. The van der Waals surface area contributed by atoms with Crippen LogP contribution < -0.4 is 4.90 Å². The molecule has 2 aromatic rings. The number of non-ortho nitro benzene ring substituents is 1. The van der Waals surface area contributed by atoms with Crippen molar-refractivity contribution in [2.75, 3.05) is 11.5 Å². The highest BCUT2D eigenvalue weighted by Gasteiger charge is 2.67. The van der Waals surface area contributed by atoms with Crippen molar-refractivity contribution in [3.05, 3.63) is 81.9 Å². The van der Waals surface area contributed by atoms with Gasteiger partial charge < -0.3 is 4.74 Å². The fraction of sp³-hybridized carbons (Fsp3) is 0.308. The van der Waals surface area contributed by atoms with E-state index in [1.807, 2.05) is 0 Å². The molecule has 6 atom stereocenters. The Hall–Kier alpha value is -4.14. The molecule has 176 valence electrons. The summed E-state index contributed by atoms with van der Waals surface area (Å²) < 4.78 is 5.07. The van der Waals surface area contributed by atoms with E-state index in [0.29, 0.717) is 17.5 Å². The lowest BCUT2D eigenvalue weighted by Crippen LogP contribution is -2.40. The lowest BCUT2D eigenvalue weighted by molar-refractivity contribution is -0.384. The normalized spacial score (nSPS) is 29.5. The van der Waals surface area contributed by atoms with Gasteiger partial charge in [-0.1, -0.05) is 24.3 Å². The number of nitro benzene ring substituents is 1. The highest BCUT2D eigenvalue weighted by atomic mass is 16.6. The zero-order valence-electron chi connectivity index (χ0n) is 18.4. The molecule has 0 N–H and O–H groups in total. The maximum Gasteiger partial charge on any atom is 0.338 e. The third-order valence-corrected chi connectivity index (χ3v) is 7.74. The van der Waals surface area contributed by atoms with Crippen molar-refractivity contribution in [2.24, 2.45) is 35.5 Å². The van der Waals surface area contributed by atoms with E-state index < -0.39 is 23.3 Å². The second kappa shape index (κ2) is 7.69. The van der Waals surface area contributed by atoms with Crippen LogP contribution in [0.1, 0.15) is 27.1 Å². The van der Waals surface area contributed by atoms with Crippen molar-refractivity contribution in [2.45, 2.75) is 6.42 Å². The number of ether oxygens (including phenoxy) is 1. The van der Waals surface area contributed by atoms with Gasteiger partial charge in [-0.2, -0.15) is 0 Å². The molecule has 2 amide bonds. The number of allylic oxidation sites excluding steroid dienone is 2. The second-order valence-corrected chi connectivity index (χ2v) is 9.52. The first-order valence-corrected chi connectivity index (χ1v) is 11.5. The molecule has 0 radical (unpaired) electrons. The molecule has 4 aliphatic carbocycles. The number of nitrogens with zero attached hydrogens (tertiary/aromatic N) is 2. The summed E-state index contributed by atoms with van der Waals surface area (Å²) in [6, 6.07) is 11.1. The van der Waals surface area contributed by atoms with Gasteiger partial charge in [0.25, 0.3) is 5.69 Å². The summed E-state index contributed by atoms with van der Waals surface area (Å²) in [5.74, 6) is -0.985. The van der Waals surface area contributed by atoms with Crippen molar-refractivity contribution >= 4 is 34.9 Å². The fourth-order valence-corrected chi connectivity index (χ4v) is 6.05. The highest BCUT2D eigenvalue weighted by Crippen LogP contribution is 2.65. The molecule has 3 fully saturated rings. The number of esters is 1. The van der Waals surface area contributed by atoms with Crippen molar-refractivity contribution < 1.29 is 28.8 Å². The first-order valence-electron chi connectivity index (χ1n) is 11.5. The number of rotatable bonds is 6. The van der Waals surface area contributed by atoms with Gasteiger partial charge in [-0.3, -0.25) is 29.4 Å². The molecular weight excluding hydrogens is 452 g/mol. The van der Waals surface area contributed by atoms with E-state index in [9.17, 15) is 29.3 Å². The minimum Gasteiger partial charge on any atom is -0.454 e. The first-order chi connectivity index (χ1) is 16.8. The highest BCUT2D eigenvalue weighted by molar-refractivity contribution is 6.22. The topological polar surface area (TPSA) is 124 Å². The third kappa shape index (κ3) is 3.30. The van der Waals surface area contributed by atoms with Crippen LogP contribution in [0.3, 0.4) is 0 Å². The second-order valence-electron chi connectivity index (χ2n) is 9.52. The van der Waals surface area contributed by atoms with Crippen LogP contribution in [0.4, 0.5) is 11.4 Å². The van der Waals surface area contributed by atoms with E-state index in [1.54, 1.807) is 0 Å². The minimum atomic E-state index is -0.759. The third-order valence-electron chi connectivity index (χ3n) is 7.74. The van der Waals surface area contributed by atoms with E-state index in [1.165, 1.54) is 47.4 Å². The minimum absolute atomic E-state index is 0.0657. The average molecular weight is 472 g/mol. The monoisotopic (exact) mass is 472 g/mol. The van der Waals surface area contributed by atoms with Gasteiger partial charge in [-0.15, -0.1) is 0 Å². The Morgan fingerprint density at radius 1 is 0.943 bits per heavy atom. The van der Waals surface area contributed by atoms with Crippen molar-refractivity contribution in [1.82, 2.24) is 0 Å². The zero-order valence-corrected chi connectivity index (χ0v) is 18.4. The summed E-state index contributed by atoms with van der Waals surface area (Å²) in [6.45, 7) is -0.577. The van der Waals surface area contributed by atoms with Gasteiger partial charge in [-0.05, 0) is 54.4 Å². The summed E-state index contributed by atoms with van der Waals surface area (Å²) in [5.41, 5.74) is 0.396. The van der Waals surface area contributed by atoms with Gasteiger partial charge in [0, 0.05) is 17.7 Å². The molecule has 7 rings (SSSR count). The van der Waals surface area contributed by atoms with Crippen LogP contribution in [0.25, 0.3) is 0 Å². The molecule has 1 saturated heterocycles. The predicted octanol–water partition coefficient (Wildman–Crippen LogP) is 3.19. The van der Waals surface area contributed by atoms with Gasteiger partial charge in [0.1, 0.15) is 0 Å². The van der Waals surface area contributed by atoms with Crippen LogP contribution in [-0.2, 0) is 14.3 Å². The van der Waals surface area contributed by atoms with Gasteiger partial charge in [-0.25, -0.2) is 4.79 Å². The summed E-state index contributed by atoms with van der Waals surface area (Å²) >= 11 is 0. The number of hydrogen-bond donors (Lipinski definition) is 0. The van der Waals surface area contributed by atoms with Crippen LogP contribution in [0.15, 0.2) is 60.7 Å². The average Bonchev–Trinajstić information content (AvgIpc) is 3.65.